The summed E-state index contributed by atoms with van der Waals surface area (Å²) in [7, 11) is -3.62. The molecule has 2 aliphatic rings. The standard InChI is InChI=1S/C17H22BrN3O4S/c18-14-3-5-15(6-4-14)26(24,25)19-8-7-16(22)20-9-11-21(12-10-20)17(23)13-1-2-13/h3-6,13,19H,1-2,7-12H2. The van der Waals surface area contributed by atoms with Crippen LogP contribution in [0.15, 0.2) is 33.6 Å². The summed E-state index contributed by atoms with van der Waals surface area (Å²) < 4.78 is 27.6. The van der Waals surface area contributed by atoms with Crippen LogP contribution in [0.3, 0.4) is 0 Å². The van der Waals surface area contributed by atoms with Gasteiger partial charge in [-0.25, -0.2) is 13.1 Å². The molecule has 26 heavy (non-hydrogen) atoms. The molecule has 142 valence electrons. The Morgan fingerprint density at radius 2 is 1.62 bits per heavy atom. The first kappa shape index (κ1) is 19.3. The fourth-order valence-corrected chi connectivity index (χ4v) is 4.21. The fourth-order valence-electron chi connectivity index (χ4n) is 2.91. The van der Waals surface area contributed by atoms with Crippen LogP contribution in [0.25, 0.3) is 0 Å². The molecule has 0 aromatic heterocycles. The molecule has 0 atom stereocenters. The fraction of sp³-hybridized carbons (Fsp3) is 0.529. The second-order valence-corrected chi connectivity index (χ2v) is 9.26. The smallest absolute Gasteiger partial charge is 0.240 e. The summed E-state index contributed by atoms with van der Waals surface area (Å²) in [5.74, 6) is 0.312. The van der Waals surface area contributed by atoms with E-state index in [0.717, 1.165) is 17.3 Å². The van der Waals surface area contributed by atoms with Crippen LogP contribution in [-0.2, 0) is 19.6 Å². The van der Waals surface area contributed by atoms with Crippen molar-refractivity contribution in [1.82, 2.24) is 14.5 Å². The molecular weight excluding hydrogens is 422 g/mol. The second-order valence-electron chi connectivity index (χ2n) is 6.58. The number of nitrogens with one attached hydrogen (secondary N) is 1. The van der Waals surface area contributed by atoms with Gasteiger partial charge in [-0.15, -0.1) is 0 Å². The summed E-state index contributed by atoms with van der Waals surface area (Å²) in [6.07, 6.45) is 2.07. The highest BCUT2D eigenvalue weighted by Crippen LogP contribution is 2.31. The molecular formula is C17H22BrN3O4S. The molecule has 1 saturated carbocycles. The molecule has 1 aliphatic carbocycles. The highest BCUT2D eigenvalue weighted by atomic mass is 79.9. The molecule has 1 aromatic carbocycles. The molecule has 0 spiro atoms. The molecule has 1 aliphatic heterocycles. The van der Waals surface area contributed by atoms with Crippen molar-refractivity contribution in [2.24, 2.45) is 5.92 Å². The predicted molar refractivity (Wildman–Crippen MR) is 99.8 cm³/mol. The average Bonchev–Trinajstić information content (AvgIpc) is 3.46. The maximum absolute atomic E-state index is 12.3. The van der Waals surface area contributed by atoms with Crippen LogP contribution in [0.2, 0.25) is 0 Å². The third kappa shape index (κ3) is 4.83. The first-order valence-corrected chi connectivity index (χ1v) is 11.0. The molecule has 1 N–H and O–H groups in total. The summed E-state index contributed by atoms with van der Waals surface area (Å²) in [5.41, 5.74) is 0. The molecule has 0 unspecified atom stereocenters. The Balaban J connectivity index is 1.43. The van der Waals surface area contributed by atoms with E-state index in [1.54, 1.807) is 17.0 Å². The van der Waals surface area contributed by atoms with Crippen LogP contribution in [0.4, 0.5) is 0 Å². The van der Waals surface area contributed by atoms with Crippen molar-refractivity contribution in [3.05, 3.63) is 28.7 Å². The van der Waals surface area contributed by atoms with E-state index in [2.05, 4.69) is 20.7 Å². The largest absolute Gasteiger partial charge is 0.339 e. The minimum atomic E-state index is -3.62. The minimum Gasteiger partial charge on any atom is -0.339 e. The number of carbonyl (C=O) groups excluding carboxylic acids is 2. The van der Waals surface area contributed by atoms with Gasteiger partial charge in [-0.3, -0.25) is 9.59 Å². The average molecular weight is 444 g/mol. The van der Waals surface area contributed by atoms with Gasteiger partial charge in [-0.1, -0.05) is 15.9 Å². The first-order valence-electron chi connectivity index (χ1n) is 8.68. The van der Waals surface area contributed by atoms with E-state index >= 15 is 0 Å². The third-order valence-corrected chi connectivity index (χ3v) is 6.63. The maximum atomic E-state index is 12.3. The third-order valence-electron chi connectivity index (χ3n) is 4.63. The summed E-state index contributed by atoms with van der Waals surface area (Å²) in [6.45, 7) is 2.20. The Hall–Kier alpha value is -1.45. The molecule has 1 aromatic rings. The summed E-state index contributed by atoms with van der Waals surface area (Å²) in [5, 5.41) is 0. The van der Waals surface area contributed by atoms with Crippen molar-refractivity contribution < 1.29 is 18.0 Å². The van der Waals surface area contributed by atoms with E-state index in [4.69, 9.17) is 0 Å². The summed E-state index contributed by atoms with van der Waals surface area (Å²) in [6, 6.07) is 6.32. The van der Waals surface area contributed by atoms with E-state index in [1.807, 2.05) is 4.90 Å². The minimum absolute atomic E-state index is 0.0540. The van der Waals surface area contributed by atoms with Gasteiger partial charge in [0.25, 0.3) is 0 Å². The van der Waals surface area contributed by atoms with E-state index in [9.17, 15) is 18.0 Å². The molecule has 9 heteroatoms. The number of carbonyl (C=O) groups is 2. The van der Waals surface area contributed by atoms with Gasteiger partial charge in [-0.2, -0.15) is 0 Å². The van der Waals surface area contributed by atoms with Crippen LogP contribution < -0.4 is 4.72 Å². The number of hydrogen-bond donors (Lipinski definition) is 1. The van der Waals surface area contributed by atoms with Crippen molar-refractivity contribution >= 4 is 37.8 Å². The van der Waals surface area contributed by atoms with Gasteiger partial charge in [0.1, 0.15) is 0 Å². The summed E-state index contributed by atoms with van der Waals surface area (Å²) >= 11 is 3.26. The Morgan fingerprint density at radius 1 is 1.04 bits per heavy atom. The topological polar surface area (TPSA) is 86.8 Å². The van der Waals surface area contributed by atoms with Crippen molar-refractivity contribution in [3.8, 4) is 0 Å². The van der Waals surface area contributed by atoms with Gasteiger partial charge in [0.2, 0.25) is 21.8 Å². The van der Waals surface area contributed by atoms with Crippen LogP contribution in [0.1, 0.15) is 19.3 Å². The van der Waals surface area contributed by atoms with Gasteiger partial charge in [0.15, 0.2) is 0 Å². The lowest BCUT2D eigenvalue weighted by atomic mass is 10.2. The Labute approximate surface area is 161 Å². The Bertz CT molecular complexity index is 770. The van der Waals surface area contributed by atoms with Gasteiger partial charge in [0.05, 0.1) is 4.90 Å². The number of hydrogen-bond acceptors (Lipinski definition) is 4. The lowest BCUT2D eigenvalue weighted by molar-refractivity contribution is -0.140. The first-order chi connectivity index (χ1) is 12.4. The van der Waals surface area contributed by atoms with Gasteiger partial charge < -0.3 is 9.80 Å². The zero-order valence-electron chi connectivity index (χ0n) is 14.4. The number of piperazine rings is 1. The van der Waals surface area contributed by atoms with E-state index in [1.165, 1.54) is 12.1 Å². The van der Waals surface area contributed by atoms with Crippen molar-refractivity contribution in [2.45, 2.75) is 24.2 Å². The second kappa shape index (κ2) is 8.06. The van der Waals surface area contributed by atoms with Crippen LogP contribution in [0.5, 0.6) is 0 Å². The van der Waals surface area contributed by atoms with Crippen molar-refractivity contribution in [2.75, 3.05) is 32.7 Å². The predicted octanol–water partition coefficient (Wildman–Crippen LogP) is 1.20. The molecule has 2 fully saturated rings. The van der Waals surface area contributed by atoms with Crippen LogP contribution in [-0.4, -0.2) is 62.8 Å². The maximum Gasteiger partial charge on any atom is 0.240 e. The number of halogens is 1. The van der Waals surface area contributed by atoms with Crippen LogP contribution >= 0.6 is 15.9 Å². The molecule has 0 radical (unpaired) electrons. The monoisotopic (exact) mass is 443 g/mol. The molecule has 3 rings (SSSR count). The number of amides is 2. The molecule has 1 saturated heterocycles. The lowest BCUT2D eigenvalue weighted by Gasteiger charge is -2.35. The zero-order chi connectivity index (χ0) is 18.7. The molecule has 0 bridgehead atoms. The van der Waals surface area contributed by atoms with E-state index in [-0.39, 0.29) is 35.6 Å². The zero-order valence-corrected chi connectivity index (χ0v) is 16.8. The molecule has 7 nitrogen and oxygen atoms in total. The van der Waals surface area contributed by atoms with Crippen LogP contribution in [0, 0.1) is 5.92 Å². The lowest BCUT2D eigenvalue weighted by Crippen LogP contribution is -2.51. The SMILES string of the molecule is O=C(CCNS(=O)(=O)c1ccc(Br)cc1)N1CCN(C(=O)C2CC2)CC1. The molecule has 2 amide bonds. The highest BCUT2D eigenvalue weighted by Gasteiger charge is 2.35. The van der Waals surface area contributed by atoms with Gasteiger partial charge in [-0.05, 0) is 37.1 Å². The normalized spacial score (nSPS) is 18.0. The summed E-state index contributed by atoms with van der Waals surface area (Å²) in [4.78, 5) is 28.0. The van der Waals surface area contributed by atoms with Crippen molar-refractivity contribution in [1.29, 1.82) is 0 Å². The number of rotatable bonds is 6. The Kier molecular flexibility index (Phi) is 5.99. The van der Waals surface area contributed by atoms with Crippen molar-refractivity contribution in [3.63, 3.8) is 0 Å². The number of benzene rings is 1. The number of sulfonamides is 1. The molecule has 1 heterocycles. The van der Waals surface area contributed by atoms with E-state index in [0.29, 0.717) is 26.2 Å². The van der Waals surface area contributed by atoms with E-state index < -0.39 is 10.0 Å². The highest BCUT2D eigenvalue weighted by molar-refractivity contribution is 9.10. The van der Waals surface area contributed by atoms with Gasteiger partial charge in [0, 0.05) is 49.5 Å². The Morgan fingerprint density at radius 3 is 2.19 bits per heavy atom. The number of nitrogens with zero attached hydrogens (tertiary/aromatic N) is 2. The quantitative estimate of drug-likeness (QED) is 0.715. The van der Waals surface area contributed by atoms with Gasteiger partial charge >= 0.3 is 0 Å².